The van der Waals surface area contributed by atoms with Crippen LogP contribution in [0.3, 0.4) is 0 Å². The number of ether oxygens (including phenoxy) is 1. The molecular weight excluding hydrogens is 390 g/mol. The number of hydrogen-bond donors (Lipinski definition) is 2. The zero-order valence-electron chi connectivity index (χ0n) is 17.5. The molecule has 3 rings (SSSR count). The number of carbonyl (C=O) groups excluding carboxylic acids is 5. The number of likely N-dealkylation sites (tertiary alicyclic amines) is 1. The van der Waals surface area contributed by atoms with Crippen LogP contribution in [0.15, 0.2) is 0 Å². The van der Waals surface area contributed by atoms with Gasteiger partial charge in [0.05, 0.1) is 18.3 Å². The van der Waals surface area contributed by atoms with Crippen LogP contribution in [0.25, 0.3) is 0 Å². The van der Waals surface area contributed by atoms with Gasteiger partial charge in [-0.3, -0.25) is 29.4 Å². The van der Waals surface area contributed by atoms with Gasteiger partial charge in [0.15, 0.2) is 6.10 Å². The quantitative estimate of drug-likeness (QED) is 0.497. The van der Waals surface area contributed by atoms with E-state index in [2.05, 4.69) is 10.6 Å². The zero-order chi connectivity index (χ0) is 21.7. The van der Waals surface area contributed by atoms with Gasteiger partial charge in [-0.15, -0.1) is 0 Å². The van der Waals surface area contributed by atoms with Crippen LogP contribution in [0.4, 0.5) is 4.79 Å². The van der Waals surface area contributed by atoms with E-state index in [-0.39, 0.29) is 42.7 Å². The Hall–Kier alpha value is -2.45. The van der Waals surface area contributed by atoms with E-state index in [0.29, 0.717) is 0 Å². The number of fused-ring (bicyclic) bond motifs is 1. The van der Waals surface area contributed by atoms with Gasteiger partial charge in [-0.2, -0.15) is 0 Å². The lowest BCUT2D eigenvalue weighted by atomic mass is 9.81. The number of nitrogens with zero attached hydrogens (tertiary/aromatic N) is 1. The first-order chi connectivity index (χ1) is 14.4. The van der Waals surface area contributed by atoms with Crippen molar-refractivity contribution in [3.63, 3.8) is 0 Å². The number of amides is 5. The van der Waals surface area contributed by atoms with E-state index in [9.17, 15) is 24.0 Å². The average Bonchev–Trinajstić information content (AvgIpc) is 2.97. The topological polar surface area (TPSA) is 122 Å². The van der Waals surface area contributed by atoms with E-state index in [1.807, 2.05) is 0 Å². The summed E-state index contributed by atoms with van der Waals surface area (Å²) < 4.78 is 5.07. The van der Waals surface area contributed by atoms with Gasteiger partial charge >= 0.3 is 12.0 Å². The van der Waals surface area contributed by atoms with E-state index in [0.717, 1.165) is 62.7 Å². The van der Waals surface area contributed by atoms with Crippen molar-refractivity contribution in [2.45, 2.75) is 83.3 Å². The fourth-order valence-corrected chi connectivity index (χ4v) is 4.65. The molecule has 3 aliphatic rings. The van der Waals surface area contributed by atoms with E-state index < -0.39 is 24.0 Å². The Morgan fingerprint density at radius 3 is 2.13 bits per heavy atom. The molecule has 2 aliphatic carbocycles. The van der Waals surface area contributed by atoms with Gasteiger partial charge in [0.25, 0.3) is 5.91 Å². The van der Waals surface area contributed by atoms with Crippen LogP contribution in [0, 0.1) is 11.8 Å². The highest BCUT2D eigenvalue weighted by Crippen LogP contribution is 2.37. The van der Waals surface area contributed by atoms with E-state index in [1.165, 1.54) is 6.92 Å². The van der Waals surface area contributed by atoms with Crippen LogP contribution < -0.4 is 10.6 Å². The van der Waals surface area contributed by atoms with E-state index in [4.69, 9.17) is 4.74 Å². The van der Waals surface area contributed by atoms with Crippen LogP contribution in [0.1, 0.15) is 71.1 Å². The lowest BCUT2D eigenvalue weighted by Gasteiger charge is -2.23. The molecule has 1 heterocycles. The maximum atomic E-state index is 12.4. The number of imide groups is 2. The molecule has 1 aliphatic heterocycles. The van der Waals surface area contributed by atoms with E-state index in [1.54, 1.807) is 0 Å². The molecule has 0 aromatic heterocycles. The fourth-order valence-electron chi connectivity index (χ4n) is 4.65. The third-order valence-corrected chi connectivity index (χ3v) is 6.33. The van der Waals surface area contributed by atoms with Crippen LogP contribution in [0.5, 0.6) is 0 Å². The molecule has 5 amide bonds. The summed E-state index contributed by atoms with van der Waals surface area (Å²) in [5, 5.41) is 4.95. The van der Waals surface area contributed by atoms with Crippen molar-refractivity contribution in [3.8, 4) is 0 Å². The van der Waals surface area contributed by atoms with Crippen LogP contribution in [-0.4, -0.2) is 53.3 Å². The van der Waals surface area contributed by atoms with Gasteiger partial charge in [0.2, 0.25) is 11.8 Å². The highest BCUT2D eigenvalue weighted by Gasteiger charge is 2.47. The Morgan fingerprint density at radius 1 is 0.967 bits per heavy atom. The van der Waals surface area contributed by atoms with Crippen molar-refractivity contribution in [1.82, 2.24) is 15.5 Å². The van der Waals surface area contributed by atoms with Crippen molar-refractivity contribution in [1.29, 1.82) is 0 Å². The van der Waals surface area contributed by atoms with Gasteiger partial charge in [-0.1, -0.05) is 32.1 Å². The fraction of sp³-hybridized carbons (Fsp3) is 0.762. The van der Waals surface area contributed by atoms with Gasteiger partial charge in [0, 0.05) is 12.6 Å². The van der Waals surface area contributed by atoms with Gasteiger partial charge in [0.1, 0.15) is 0 Å². The van der Waals surface area contributed by atoms with Gasteiger partial charge < -0.3 is 10.1 Å². The highest BCUT2D eigenvalue weighted by atomic mass is 16.5. The summed E-state index contributed by atoms with van der Waals surface area (Å²) in [5.74, 6) is -2.33. The molecule has 2 N–H and O–H groups in total. The summed E-state index contributed by atoms with van der Waals surface area (Å²) in [6.07, 6.45) is 7.03. The molecule has 9 heteroatoms. The van der Waals surface area contributed by atoms with Crippen molar-refractivity contribution in [2.75, 3.05) is 6.54 Å². The third-order valence-electron chi connectivity index (χ3n) is 6.33. The Labute approximate surface area is 176 Å². The number of urea groups is 1. The molecule has 3 fully saturated rings. The molecule has 2 saturated carbocycles. The normalized spacial score (nSPS) is 25.4. The predicted molar refractivity (Wildman–Crippen MR) is 106 cm³/mol. The monoisotopic (exact) mass is 421 g/mol. The Bertz CT molecular complexity index is 679. The minimum absolute atomic E-state index is 0.0417. The Morgan fingerprint density at radius 2 is 1.53 bits per heavy atom. The highest BCUT2D eigenvalue weighted by molar-refractivity contribution is 6.05. The molecule has 0 unspecified atom stereocenters. The van der Waals surface area contributed by atoms with Crippen molar-refractivity contribution < 1.29 is 28.7 Å². The molecular formula is C21H31N3O6. The maximum Gasteiger partial charge on any atom is 0.321 e. The largest absolute Gasteiger partial charge is 0.452 e. The van der Waals surface area contributed by atoms with Crippen LogP contribution in [-0.2, 0) is 23.9 Å². The zero-order valence-corrected chi connectivity index (χ0v) is 17.5. The first kappa shape index (κ1) is 22.2. The molecule has 166 valence electrons. The van der Waals surface area contributed by atoms with Crippen molar-refractivity contribution in [2.24, 2.45) is 11.8 Å². The van der Waals surface area contributed by atoms with Crippen molar-refractivity contribution >= 4 is 29.7 Å². The second kappa shape index (κ2) is 10.0. The number of esters is 1. The Kier molecular flexibility index (Phi) is 7.44. The number of carbonyl (C=O) groups is 5. The average molecular weight is 421 g/mol. The standard InChI is InChI=1S/C21H31N3O6/c1-13(18(26)23-21(29)22-14-7-3-2-4-8-14)30-17(25)11-12-24-19(27)15-9-5-6-10-16(15)20(24)28/h13-16H,2-12H2,1H3,(H2,22,23,26,29)/t13-,15-,16+/m0/s1. The lowest BCUT2D eigenvalue weighted by molar-refractivity contribution is -0.155. The summed E-state index contributed by atoms with van der Waals surface area (Å²) in [4.78, 5) is 62.1. The maximum absolute atomic E-state index is 12.4. The lowest BCUT2D eigenvalue weighted by Crippen LogP contribution is -2.48. The molecule has 1 saturated heterocycles. The minimum Gasteiger partial charge on any atom is -0.452 e. The van der Waals surface area contributed by atoms with Gasteiger partial charge in [-0.05, 0) is 32.6 Å². The minimum atomic E-state index is -1.15. The molecule has 0 bridgehead atoms. The molecule has 0 spiro atoms. The molecule has 0 aromatic carbocycles. The summed E-state index contributed by atoms with van der Waals surface area (Å²) in [6.45, 7) is 1.34. The molecule has 0 radical (unpaired) electrons. The first-order valence-electron chi connectivity index (χ1n) is 11.0. The predicted octanol–water partition coefficient (Wildman–Crippen LogP) is 1.64. The van der Waals surface area contributed by atoms with Crippen LogP contribution >= 0.6 is 0 Å². The molecule has 3 atom stereocenters. The summed E-state index contributed by atoms with van der Waals surface area (Å²) in [6, 6.07) is -0.533. The third kappa shape index (κ3) is 5.37. The number of nitrogens with one attached hydrogen (secondary N) is 2. The Balaban J connectivity index is 1.39. The van der Waals surface area contributed by atoms with Crippen molar-refractivity contribution in [3.05, 3.63) is 0 Å². The molecule has 9 nitrogen and oxygen atoms in total. The second-order valence-corrected chi connectivity index (χ2v) is 8.51. The molecule has 30 heavy (non-hydrogen) atoms. The van der Waals surface area contributed by atoms with E-state index >= 15 is 0 Å². The van der Waals surface area contributed by atoms with Crippen LogP contribution in [0.2, 0.25) is 0 Å². The number of hydrogen-bond acceptors (Lipinski definition) is 6. The summed E-state index contributed by atoms with van der Waals surface area (Å²) in [7, 11) is 0. The van der Waals surface area contributed by atoms with Gasteiger partial charge in [-0.25, -0.2) is 4.79 Å². The second-order valence-electron chi connectivity index (χ2n) is 8.51. The first-order valence-corrected chi connectivity index (χ1v) is 11.0. The molecule has 0 aromatic rings. The number of rotatable bonds is 6. The SMILES string of the molecule is C[C@H](OC(=O)CCN1C(=O)[C@H]2CCCC[C@H]2C1=O)C(=O)NC(=O)NC1CCCCC1. The summed E-state index contributed by atoms with van der Waals surface area (Å²) in [5.41, 5.74) is 0. The summed E-state index contributed by atoms with van der Waals surface area (Å²) >= 11 is 0. The smallest absolute Gasteiger partial charge is 0.321 e.